The molecular weight excluding hydrogens is 348 g/mol. The second kappa shape index (κ2) is 7.51. The number of nitrogens with one attached hydrogen (secondary N) is 2. The molecule has 1 aromatic carbocycles. The van der Waals surface area contributed by atoms with Crippen molar-refractivity contribution in [2.24, 2.45) is 0 Å². The van der Waals surface area contributed by atoms with Crippen LogP contribution in [0, 0.1) is 0 Å². The number of carboxylic acids is 1. The van der Waals surface area contributed by atoms with Crippen LogP contribution in [-0.4, -0.2) is 50.2 Å². The molecule has 2 rings (SSSR count). The average molecular weight is 370 g/mol. The van der Waals surface area contributed by atoms with Crippen LogP contribution >= 0.6 is 0 Å². The van der Waals surface area contributed by atoms with Gasteiger partial charge < -0.3 is 15.2 Å². The molecule has 1 heterocycles. The second-order valence-electron chi connectivity index (χ2n) is 6.10. The smallest absolute Gasteiger partial charge is 0.331 e. The number of hydrogen-bond acceptors (Lipinski definition) is 5. The van der Waals surface area contributed by atoms with Gasteiger partial charge in [-0.05, 0) is 37.6 Å². The Morgan fingerprint density at radius 2 is 1.96 bits per heavy atom. The van der Waals surface area contributed by atoms with Gasteiger partial charge in [0.05, 0.1) is 11.5 Å². The molecule has 0 aliphatic carbocycles. The molecule has 25 heavy (non-hydrogen) atoms. The van der Waals surface area contributed by atoms with Gasteiger partial charge in [0.25, 0.3) is 5.91 Å². The molecule has 0 aromatic heterocycles. The quantitative estimate of drug-likeness (QED) is 0.651. The van der Waals surface area contributed by atoms with E-state index in [4.69, 9.17) is 4.74 Å². The van der Waals surface area contributed by atoms with Crippen LogP contribution in [0.2, 0.25) is 0 Å². The molecule has 3 N–H and O–H groups in total. The predicted molar refractivity (Wildman–Crippen MR) is 89.8 cm³/mol. The van der Waals surface area contributed by atoms with Crippen molar-refractivity contribution in [1.29, 1.82) is 0 Å². The van der Waals surface area contributed by atoms with E-state index in [0.717, 1.165) is 0 Å². The zero-order valence-corrected chi connectivity index (χ0v) is 14.9. The van der Waals surface area contributed by atoms with Gasteiger partial charge >= 0.3 is 5.97 Å². The second-order valence-corrected chi connectivity index (χ2v) is 7.81. The van der Waals surface area contributed by atoms with E-state index in [2.05, 4.69) is 10.0 Å². The molecule has 0 spiro atoms. The summed E-state index contributed by atoms with van der Waals surface area (Å²) in [5, 5.41) is 11.8. The molecule has 1 aliphatic rings. The Bertz CT molecular complexity index is 738. The van der Waals surface area contributed by atoms with Gasteiger partial charge in [-0.25, -0.2) is 17.9 Å². The summed E-state index contributed by atoms with van der Waals surface area (Å²) in [5.41, 5.74) is -1.27. The lowest BCUT2D eigenvalue weighted by molar-refractivity contribution is -0.144. The van der Waals surface area contributed by atoms with Crippen molar-refractivity contribution >= 4 is 21.9 Å². The van der Waals surface area contributed by atoms with Gasteiger partial charge in [-0.1, -0.05) is 6.92 Å². The normalized spacial score (nSPS) is 21.7. The average Bonchev–Trinajstić information content (AvgIpc) is 3.04. The highest BCUT2D eigenvalue weighted by atomic mass is 32.2. The maximum absolute atomic E-state index is 12.3. The molecule has 1 amide bonds. The van der Waals surface area contributed by atoms with E-state index in [1.165, 1.54) is 24.3 Å². The van der Waals surface area contributed by atoms with E-state index >= 15 is 0 Å². The van der Waals surface area contributed by atoms with Crippen molar-refractivity contribution in [3.63, 3.8) is 0 Å². The number of amides is 1. The Balaban J connectivity index is 2.14. The number of carboxylic acid groups (broad SMARTS) is 1. The van der Waals surface area contributed by atoms with Crippen LogP contribution in [0.4, 0.5) is 0 Å². The molecule has 0 bridgehead atoms. The lowest BCUT2D eigenvalue weighted by Crippen LogP contribution is -2.55. The van der Waals surface area contributed by atoms with Crippen molar-refractivity contribution < 1.29 is 27.9 Å². The van der Waals surface area contributed by atoms with Gasteiger partial charge in [0, 0.05) is 24.6 Å². The van der Waals surface area contributed by atoms with Crippen molar-refractivity contribution in [2.75, 3.05) is 13.2 Å². The Morgan fingerprint density at radius 1 is 1.32 bits per heavy atom. The molecule has 1 aliphatic heterocycles. The third-order valence-corrected chi connectivity index (χ3v) is 5.78. The molecule has 0 saturated carbocycles. The number of benzene rings is 1. The van der Waals surface area contributed by atoms with Crippen molar-refractivity contribution in [3.05, 3.63) is 29.8 Å². The summed E-state index contributed by atoms with van der Waals surface area (Å²) < 4.78 is 32.0. The lowest BCUT2D eigenvalue weighted by atomic mass is 9.98. The van der Waals surface area contributed by atoms with E-state index in [-0.39, 0.29) is 36.1 Å². The van der Waals surface area contributed by atoms with Crippen LogP contribution in [0.5, 0.6) is 0 Å². The zero-order chi connectivity index (χ0) is 18.7. The number of ether oxygens (including phenoxy) is 1. The van der Waals surface area contributed by atoms with Gasteiger partial charge in [0.15, 0.2) is 5.54 Å². The van der Waals surface area contributed by atoms with E-state index in [9.17, 15) is 23.1 Å². The van der Waals surface area contributed by atoms with Crippen LogP contribution in [0.3, 0.4) is 0 Å². The fraction of sp³-hybridized carbons (Fsp3) is 0.500. The monoisotopic (exact) mass is 370 g/mol. The van der Waals surface area contributed by atoms with Crippen LogP contribution in [0.25, 0.3) is 0 Å². The minimum absolute atomic E-state index is 0.0431. The zero-order valence-electron chi connectivity index (χ0n) is 14.1. The van der Waals surface area contributed by atoms with Crippen LogP contribution < -0.4 is 10.0 Å². The molecule has 2 unspecified atom stereocenters. The fourth-order valence-corrected chi connectivity index (χ4v) is 3.70. The largest absolute Gasteiger partial charge is 0.479 e. The van der Waals surface area contributed by atoms with Crippen LogP contribution in [0.1, 0.15) is 37.0 Å². The number of carbonyl (C=O) groups excluding carboxylic acids is 1. The number of hydrogen-bond donors (Lipinski definition) is 3. The Labute approximate surface area is 146 Å². The Kier molecular flexibility index (Phi) is 5.81. The standard InChI is InChI=1S/C16H22N2O6S/c1-3-11(2)18-25(22,23)13-6-4-12(5-7-13)14(19)17-16(15(20)21)8-9-24-10-16/h4-7,11,18H,3,8-10H2,1-2H3,(H,17,19)(H,20,21). The van der Waals surface area contributed by atoms with Gasteiger partial charge in [0.1, 0.15) is 0 Å². The molecule has 9 heteroatoms. The summed E-state index contributed by atoms with van der Waals surface area (Å²) in [5.74, 6) is -1.75. The number of rotatable bonds is 7. The predicted octanol–water partition coefficient (Wildman–Crippen LogP) is 0.737. The molecule has 8 nitrogen and oxygen atoms in total. The summed E-state index contributed by atoms with van der Waals surface area (Å²) in [6.45, 7) is 3.78. The van der Waals surface area contributed by atoms with E-state index in [1.54, 1.807) is 6.92 Å². The first kappa shape index (κ1) is 19.4. The minimum atomic E-state index is -3.66. The number of carbonyl (C=O) groups is 2. The maximum Gasteiger partial charge on any atom is 0.331 e. The first-order valence-corrected chi connectivity index (χ1v) is 9.44. The summed E-state index contributed by atoms with van der Waals surface area (Å²) in [7, 11) is -3.66. The van der Waals surface area contributed by atoms with Gasteiger partial charge in [-0.2, -0.15) is 0 Å². The third-order valence-electron chi connectivity index (χ3n) is 4.18. The summed E-state index contributed by atoms with van der Waals surface area (Å²) in [6, 6.07) is 5.14. The maximum atomic E-state index is 12.3. The first-order valence-electron chi connectivity index (χ1n) is 7.96. The summed E-state index contributed by atoms with van der Waals surface area (Å²) in [4.78, 5) is 23.8. The van der Waals surface area contributed by atoms with Crippen molar-refractivity contribution in [3.8, 4) is 0 Å². The summed E-state index contributed by atoms with van der Waals surface area (Å²) in [6.07, 6.45) is 0.832. The van der Waals surface area contributed by atoms with Gasteiger partial charge in [-0.3, -0.25) is 4.79 Å². The Morgan fingerprint density at radius 3 is 2.44 bits per heavy atom. The van der Waals surface area contributed by atoms with Gasteiger partial charge in [-0.15, -0.1) is 0 Å². The van der Waals surface area contributed by atoms with E-state index in [0.29, 0.717) is 6.42 Å². The molecule has 1 aromatic rings. The van der Waals surface area contributed by atoms with Crippen LogP contribution in [-0.2, 0) is 19.6 Å². The number of sulfonamides is 1. The lowest BCUT2D eigenvalue weighted by Gasteiger charge is -2.23. The SMILES string of the molecule is CCC(C)NS(=O)(=O)c1ccc(C(=O)NC2(C(=O)O)CCOC2)cc1. The third kappa shape index (κ3) is 4.36. The molecule has 138 valence electrons. The van der Waals surface area contributed by atoms with Crippen molar-refractivity contribution in [1.82, 2.24) is 10.0 Å². The fourth-order valence-electron chi connectivity index (χ4n) is 2.38. The van der Waals surface area contributed by atoms with Crippen LogP contribution in [0.15, 0.2) is 29.2 Å². The highest BCUT2D eigenvalue weighted by Gasteiger charge is 2.44. The summed E-state index contributed by atoms with van der Waals surface area (Å²) >= 11 is 0. The van der Waals surface area contributed by atoms with Crippen molar-refractivity contribution in [2.45, 2.75) is 43.2 Å². The first-order chi connectivity index (χ1) is 11.7. The highest BCUT2D eigenvalue weighted by molar-refractivity contribution is 7.89. The topological polar surface area (TPSA) is 122 Å². The minimum Gasteiger partial charge on any atom is -0.479 e. The molecule has 2 atom stereocenters. The van der Waals surface area contributed by atoms with E-state index in [1.807, 2.05) is 6.92 Å². The highest BCUT2D eigenvalue weighted by Crippen LogP contribution is 2.20. The molecule has 1 saturated heterocycles. The molecular formula is C16H22N2O6S. The van der Waals surface area contributed by atoms with Gasteiger partial charge in [0.2, 0.25) is 10.0 Å². The Hall–Kier alpha value is -1.97. The molecule has 1 fully saturated rings. The molecule has 0 radical (unpaired) electrons. The number of aliphatic carboxylic acids is 1. The van der Waals surface area contributed by atoms with E-state index < -0.39 is 27.4 Å².